The van der Waals surface area contributed by atoms with Crippen LogP contribution in [0.2, 0.25) is 0 Å². The van der Waals surface area contributed by atoms with Crippen LogP contribution in [0.4, 0.5) is 0 Å². The van der Waals surface area contributed by atoms with Crippen molar-refractivity contribution in [2.75, 3.05) is 7.05 Å². The molecule has 0 aliphatic carbocycles. The SMILES string of the molecule is C=C(CCC)/C(=C/C)C(C)=NC. The molecule has 0 rings (SSSR count). The van der Waals surface area contributed by atoms with Crippen LogP contribution in [0.15, 0.2) is 28.8 Å². The van der Waals surface area contributed by atoms with Crippen molar-refractivity contribution >= 4 is 5.71 Å². The minimum absolute atomic E-state index is 1.06. The van der Waals surface area contributed by atoms with Crippen LogP contribution in [0, 0.1) is 0 Å². The Morgan fingerprint density at radius 1 is 1.50 bits per heavy atom. The van der Waals surface area contributed by atoms with Gasteiger partial charge >= 0.3 is 0 Å². The van der Waals surface area contributed by atoms with E-state index in [2.05, 4.69) is 24.6 Å². The molecule has 0 heterocycles. The number of nitrogens with zero attached hydrogens (tertiary/aromatic N) is 1. The van der Waals surface area contributed by atoms with Gasteiger partial charge in [0.1, 0.15) is 0 Å². The highest BCUT2D eigenvalue weighted by Gasteiger charge is 2.02. The smallest absolute Gasteiger partial charge is 0.0385 e. The maximum Gasteiger partial charge on any atom is 0.0385 e. The zero-order valence-electron chi connectivity index (χ0n) is 8.65. The van der Waals surface area contributed by atoms with Gasteiger partial charge in [-0.05, 0) is 31.4 Å². The minimum atomic E-state index is 1.06. The fourth-order valence-corrected chi connectivity index (χ4v) is 1.23. The van der Waals surface area contributed by atoms with Gasteiger partial charge in [-0.3, -0.25) is 4.99 Å². The number of rotatable bonds is 4. The lowest BCUT2D eigenvalue weighted by atomic mass is 9.99. The normalized spacial score (nSPS) is 13.3. The number of hydrogen-bond donors (Lipinski definition) is 0. The highest BCUT2D eigenvalue weighted by atomic mass is 14.7. The van der Waals surface area contributed by atoms with Gasteiger partial charge in [-0.15, -0.1) is 0 Å². The van der Waals surface area contributed by atoms with Crippen molar-refractivity contribution in [3.8, 4) is 0 Å². The largest absolute Gasteiger partial charge is 0.293 e. The number of hydrogen-bond acceptors (Lipinski definition) is 1. The molecule has 1 heteroatoms. The van der Waals surface area contributed by atoms with Crippen LogP contribution < -0.4 is 0 Å². The first-order valence-electron chi connectivity index (χ1n) is 4.45. The van der Waals surface area contributed by atoms with Crippen molar-refractivity contribution in [1.29, 1.82) is 0 Å². The zero-order chi connectivity index (χ0) is 9.56. The lowest BCUT2D eigenvalue weighted by molar-refractivity contribution is 0.923. The summed E-state index contributed by atoms with van der Waals surface area (Å²) in [6, 6.07) is 0. The van der Waals surface area contributed by atoms with E-state index in [0.29, 0.717) is 0 Å². The Morgan fingerprint density at radius 2 is 2.08 bits per heavy atom. The van der Waals surface area contributed by atoms with Crippen molar-refractivity contribution in [3.05, 3.63) is 23.8 Å². The molecular weight excluding hydrogens is 146 g/mol. The van der Waals surface area contributed by atoms with E-state index in [4.69, 9.17) is 0 Å². The highest BCUT2D eigenvalue weighted by Crippen LogP contribution is 2.15. The van der Waals surface area contributed by atoms with Crippen molar-refractivity contribution in [2.24, 2.45) is 4.99 Å². The molecule has 1 nitrogen and oxygen atoms in total. The monoisotopic (exact) mass is 165 g/mol. The summed E-state index contributed by atoms with van der Waals surface area (Å²) in [5.41, 5.74) is 3.48. The maximum atomic E-state index is 4.15. The van der Waals surface area contributed by atoms with Gasteiger partial charge in [0.05, 0.1) is 0 Å². The van der Waals surface area contributed by atoms with Crippen molar-refractivity contribution in [3.63, 3.8) is 0 Å². The molecule has 0 radical (unpaired) electrons. The van der Waals surface area contributed by atoms with E-state index in [0.717, 1.165) is 18.6 Å². The van der Waals surface area contributed by atoms with Gasteiger partial charge in [-0.1, -0.05) is 26.0 Å². The standard InChI is InChI=1S/C11H19N/c1-6-8-9(3)11(7-2)10(4)12-5/h7H,3,6,8H2,1-2,4-5H3/b11-7-,12-10?. The summed E-state index contributed by atoms with van der Waals surface area (Å²) >= 11 is 0. The third-order valence-corrected chi connectivity index (χ3v) is 1.95. The fraction of sp³-hybridized carbons (Fsp3) is 0.545. The molecule has 0 aromatic rings. The molecule has 0 spiro atoms. The van der Waals surface area contributed by atoms with Crippen molar-refractivity contribution in [1.82, 2.24) is 0 Å². The molecule has 0 bridgehead atoms. The second kappa shape index (κ2) is 5.76. The van der Waals surface area contributed by atoms with E-state index in [1.54, 1.807) is 0 Å². The third kappa shape index (κ3) is 3.04. The summed E-state index contributed by atoms with van der Waals surface area (Å²) in [5.74, 6) is 0. The molecule has 0 N–H and O–H groups in total. The van der Waals surface area contributed by atoms with E-state index in [-0.39, 0.29) is 0 Å². The van der Waals surface area contributed by atoms with E-state index in [1.807, 2.05) is 20.9 Å². The molecule has 0 aromatic heterocycles. The molecule has 0 amide bonds. The third-order valence-electron chi connectivity index (χ3n) is 1.95. The maximum absolute atomic E-state index is 4.15. The molecule has 0 aliphatic rings. The summed E-state index contributed by atoms with van der Waals surface area (Å²) in [6.45, 7) is 10.3. The summed E-state index contributed by atoms with van der Waals surface area (Å²) < 4.78 is 0. The Morgan fingerprint density at radius 3 is 2.42 bits per heavy atom. The fourth-order valence-electron chi connectivity index (χ4n) is 1.23. The van der Waals surface area contributed by atoms with Crippen molar-refractivity contribution < 1.29 is 0 Å². The van der Waals surface area contributed by atoms with E-state index in [1.165, 1.54) is 11.1 Å². The Bertz CT molecular complexity index is 209. The first kappa shape index (κ1) is 11.2. The molecular formula is C11H19N. The predicted octanol–water partition coefficient (Wildman–Crippen LogP) is 3.38. The topological polar surface area (TPSA) is 12.4 Å². The van der Waals surface area contributed by atoms with Gasteiger partial charge in [0.15, 0.2) is 0 Å². The van der Waals surface area contributed by atoms with Gasteiger partial charge in [-0.25, -0.2) is 0 Å². The van der Waals surface area contributed by atoms with Crippen molar-refractivity contribution in [2.45, 2.75) is 33.6 Å². The zero-order valence-corrected chi connectivity index (χ0v) is 8.65. The van der Waals surface area contributed by atoms with Gasteiger partial charge in [0.2, 0.25) is 0 Å². The molecule has 0 saturated heterocycles. The Kier molecular flexibility index (Phi) is 5.35. The first-order chi connectivity index (χ1) is 5.67. The molecule has 0 saturated carbocycles. The van der Waals surface area contributed by atoms with E-state index < -0.39 is 0 Å². The number of allylic oxidation sites excluding steroid dienone is 3. The minimum Gasteiger partial charge on any atom is -0.293 e. The summed E-state index contributed by atoms with van der Waals surface area (Å²) in [6.07, 6.45) is 4.29. The second-order valence-electron chi connectivity index (χ2n) is 2.86. The van der Waals surface area contributed by atoms with E-state index in [9.17, 15) is 0 Å². The Labute approximate surface area is 75.9 Å². The van der Waals surface area contributed by atoms with Crippen LogP contribution in [0.25, 0.3) is 0 Å². The van der Waals surface area contributed by atoms with Gasteiger partial charge in [0, 0.05) is 12.8 Å². The summed E-state index contributed by atoms with van der Waals surface area (Å²) in [7, 11) is 1.82. The van der Waals surface area contributed by atoms with Gasteiger partial charge in [-0.2, -0.15) is 0 Å². The highest BCUT2D eigenvalue weighted by molar-refractivity contribution is 6.01. The summed E-state index contributed by atoms with van der Waals surface area (Å²) in [4.78, 5) is 4.15. The predicted molar refractivity (Wildman–Crippen MR) is 56.8 cm³/mol. The summed E-state index contributed by atoms with van der Waals surface area (Å²) in [5, 5.41) is 0. The van der Waals surface area contributed by atoms with Crippen LogP contribution in [-0.2, 0) is 0 Å². The van der Waals surface area contributed by atoms with Crippen LogP contribution in [0.5, 0.6) is 0 Å². The Hall–Kier alpha value is -0.850. The average Bonchev–Trinajstić information content (AvgIpc) is 2.06. The van der Waals surface area contributed by atoms with Crippen LogP contribution >= 0.6 is 0 Å². The average molecular weight is 165 g/mol. The van der Waals surface area contributed by atoms with Crippen LogP contribution in [-0.4, -0.2) is 12.8 Å². The lowest BCUT2D eigenvalue weighted by Crippen LogP contribution is -1.99. The van der Waals surface area contributed by atoms with E-state index >= 15 is 0 Å². The molecule has 68 valence electrons. The lowest BCUT2D eigenvalue weighted by Gasteiger charge is -2.08. The molecule has 0 fully saturated rings. The molecule has 0 atom stereocenters. The molecule has 0 unspecified atom stereocenters. The number of aliphatic imine (C=N–C) groups is 1. The van der Waals surface area contributed by atoms with Gasteiger partial charge in [0.25, 0.3) is 0 Å². The first-order valence-corrected chi connectivity index (χ1v) is 4.45. The van der Waals surface area contributed by atoms with Gasteiger partial charge < -0.3 is 0 Å². The molecule has 0 aliphatic heterocycles. The Balaban J connectivity index is 4.48. The van der Waals surface area contributed by atoms with Crippen LogP contribution in [0.3, 0.4) is 0 Å². The quantitative estimate of drug-likeness (QED) is 0.447. The molecule has 0 aromatic carbocycles. The second-order valence-corrected chi connectivity index (χ2v) is 2.86. The molecule has 12 heavy (non-hydrogen) atoms. The van der Waals surface area contributed by atoms with Crippen LogP contribution in [0.1, 0.15) is 33.6 Å².